The maximum Gasteiger partial charge on any atom is 0.394 e. The Bertz CT molecular complexity index is 1020. The second-order valence-corrected chi connectivity index (χ2v) is 8.27. The molecule has 1 aromatic carbocycles. The average Bonchev–Trinajstić information content (AvgIpc) is 2.73. The van der Waals surface area contributed by atoms with Crippen LogP contribution in [0.1, 0.15) is 37.8 Å². The summed E-state index contributed by atoms with van der Waals surface area (Å²) in [5.74, 6) is 1.23. The number of aromatic nitrogens is 1. The number of hydrogen-bond acceptors (Lipinski definition) is 4. The van der Waals surface area contributed by atoms with Crippen molar-refractivity contribution in [3.8, 4) is 5.75 Å². The molecule has 2 aromatic rings. The average molecular weight is 457 g/mol. The van der Waals surface area contributed by atoms with Gasteiger partial charge in [0.1, 0.15) is 17.5 Å². The molecule has 2 N–H and O–H groups in total. The lowest BCUT2D eigenvalue weighted by Gasteiger charge is -2.28. The molecule has 2 heterocycles. The Morgan fingerprint density at radius 3 is 2.64 bits per heavy atom. The van der Waals surface area contributed by atoms with E-state index in [0.717, 1.165) is 48.6 Å². The van der Waals surface area contributed by atoms with Gasteiger partial charge in [-0.3, -0.25) is 0 Å². The number of rotatable bonds is 10. The van der Waals surface area contributed by atoms with Crippen LogP contribution in [-0.4, -0.2) is 46.7 Å². The number of aliphatic hydroxyl groups excluding tert-OH is 1. The first-order valence-electron chi connectivity index (χ1n) is 11.3. The predicted molar refractivity (Wildman–Crippen MR) is 129 cm³/mol. The van der Waals surface area contributed by atoms with E-state index >= 15 is 0 Å². The maximum absolute atomic E-state index is 13.1. The first-order valence-corrected chi connectivity index (χ1v) is 11.3. The molecule has 1 aliphatic rings. The van der Waals surface area contributed by atoms with Crippen molar-refractivity contribution < 1.29 is 23.2 Å². The molecule has 33 heavy (non-hydrogen) atoms. The monoisotopic (exact) mass is 456 g/mol. The molecular formula is C26H32F2N3O2+. The van der Waals surface area contributed by atoms with Gasteiger partial charge in [0, 0.05) is 24.4 Å². The Hall–Kier alpha value is -3.06. The summed E-state index contributed by atoms with van der Waals surface area (Å²) >= 11 is 0. The van der Waals surface area contributed by atoms with Crippen LogP contribution in [0.5, 0.6) is 5.75 Å². The van der Waals surface area contributed by atoms with Gasteiger partial charge in [-0.25, -0.2) is 9.56 Å². The van der Waals surface area contributed by atoms with Gasteiger partial charge in [-0.15, -0.1) is 0 Å². The fourth-order valence-corrected chi connectivity index (χ4v) is 3.81. The maximum atomic E-state index is 13.1. The lowest BCUT2D eigenvalue weighted by Crippen LogP contribution is -2.40. The van der Waals surface area contributed by atoms with Crippen molar-refractivity contribution in [2.24, 2.45) is 5.92 Å². The van der Waals surface area contributed by atoms with Gasteiger partial charge >= 0.3 is 6.11 Å². The third-order valence-electron chi connectivity index (χ3n) is 5.40. The number of allylic oxidation sites excluding steroid dienone is 2. The van der Waals surface area contributed by atoms with Gasteiger partial charge in [-0.2, -0.15) is 8.78 Å². The van der Waals surface area contributed by atoms with Crippen LogP contribution in [0.2, 0.25) is 0 Å². The summed E-state index contributed by atoms with van der Waals surface area (Å²) in [5.41, 5.74) is 4.23. The van der Waals surface area contributed by atoms with Crippen molar-refractivity contribution >= 4 is 23.3 Å². The predicted octanol–water partition coefficient (Wildman–Crippen LogP) is 5.57. The molecular weight excluding hydrogens is 424 g/mol. The van der Waals surface area contributed by atoms with Crippen LogP contribution in [0.25, 0.3) is 5.57 Å². The Labute approximate surface area is 194 Å². The number of benzene rings is 1. The molecule has 176 valence electrons. The van der Waals surface area contributed by atoms with Gasteiger partial charge in [-0.05, 0) is 60.9 Å². The molecule has 1 aromatic heterocycles. The van der Waals surface area contributed by atoms with E-state index in [-0.39, 0.29) is 12.4 Å². The van der Waals surface area contributed by atoms with E-state index in [0.29, 0.717) is 12.8 Å². The number of ether oxygens (including phenoxy) is 1. The normalized spacial score (nSPS) is 16.6. The summed E-state index contributed by atoms with van der Waals surface area (Å²) in [6, 6.07) is 8.45. The molecule has 1 fully saturated rings. The number of anilines is 2. The number of alkyl halides is 2. The van der Waals surface area contributed by atoms with Gasteiger partial charge in [0.25, 0.3) is 0 Å². The van der Waals surface area contributed by atoms with Crippen molar-refractivity contribution in [3.63, 3.8) is 0 Å². The number of nitrogens with one attached hydrogen (secondary N) is 1. The van der Waals surface area contributed by atoms with Crippen molar-refractivity contribution in [2.75, 3.05) is 25.0 Å². The summed E-state index contributed by atoms with van der Waals surface area (Å²) in [4.78, 5) is 4.60. The van der Waals surface area contributed by atoms with E-state index in [1.54, 1.807) is 24.4 Å². The van der Waals surface area contributed by atoms with Gasteiger partial charge < -0.3 is 15.2 Å². The Balaban J connectivity index is 1.85. The van der Waals surface area contributed by atoms with Gasteiger partial charge in [0.2, 0.25) is 0 Å². The highest BCUT2D eigenvalue weighted by molar-refractivity contribution is 5.80. The van der Waals surface area contributed by atoms with E-state index in [9.17, 15) is 8.78 Å². The largest absolute Gasteiger partial charge is 0.433 e. The zero-order chi connectivity index (χ0) is 23.8. The second kappa shape index (κ2) is 11.2. The summed E-state index contributed by atoms with van der Waals surface area (Å²) in [6.45, 7) is 6.79. The minimum Gasteiger partial charge on any atom is -0.433 e. The SMILES string of the molecule is CCC/C=C(\c1c(C)ccnc1Nc1ccc(OC(C)(F)F)cc1)C1C[N+](=C/C=C/CO)C1. The molecule has 0 bridgehead atoms. The number of aryl methyl sites for hydroxylation is 1. The topological polar surface area (TPSA) is 57.4 Å². The Morgan fingerprint density at radius 1 is 1.27 bits per heavy atom. The van der Waals surface area contributed by atoms with Crippen LogP contribution in [0.15, 0.2) is 54.8 Å². The zero-order valence-electron chi connectivity index (χ0n) is 19.4. The van der Waals surface area contributed by atoms with E-state index < -0.39 is 6.11 Å². The number of unbranched alkanes of at least 4 members (excludes halogenated alkanes) is 1. The summed E-state index contributed by atoms with van der Waals surface area (Å²) < 4.78 is 33.0. The third kappa shape index (κ3) is 6.96. The van der Waals surface area contributed by atoms with E-state index in [1.807, 2.05) is 18.4 Å². The summed E-state index contributed by atoms with van der Waals surface area (Å²) in [7, 11) is 0. The van der Waals surface area contributed by atoms with Crippen LogP contribution in [-0.2, 0) is 0 Å². The molecule has 1 saturated heterocycles. The Kier molecular flexibility index (Phi) is 8.33. The molecule has 0 amide bonds. The van der Waals surface area contributed by atoms with E-state index in [1.165, 1.54) is 17.7 Å². The van der Waals surface area contributed by atoms with Crippen molar-refractivity contribution in [1.29, 1.82) is 0 Å². The number of halogens is 2. The second-order valence-electron chi connectivity index (χ2n) is 8.27. The standard InChI is InChI=1S/C26H32F2N3O2/c1-4-5-8-23(20-17-31(18-20)15-6-7-16-32)24-19(2)13-14-29-25(24)30-21-9-11-22(12-10-21)33-26(3,27)28/h6-15,20,32H,4-5,16-18H2,1-3H3,(H,29,30)/q+1/b7-6+,23-8-,31-15?. The number of nitrogens with zero attached hydrogens (tertiary/aromatic N) is 2. The highest BCUT2D eigenvalue weighted by atomic mass is 19.3. The summed E-state index contributed by atoms with van der Waals surface area (Å²) in [5, 5.41) is 12.3. The lowest BCUT2D eigenvalue weighted by molar-refractivity contribution is -0.592. The van der Waals surface area contributed by atoms with Crippen LogP contribution >= 0.6 is 0 Å². The molecule has 1 aliphatic heterocycles. The number of pyridine rings is 1. The molecule has 5 nitrogen and oxygen atoms in total. The fraction of sp³-hybridized carbons (Fsp3) is 0.385. The smallest absolute Gasteiger partial charge is 0.394 e. The first-order chi connectivity index (χ1) is 15.8. The van der Waals surface area contributed by atoms with Crippen molar-refractivity contribution in [1.82, 2.24) is 4.98 Å². The number of hydrogen-bond donors (Lipinski definition) is 2. The van der Waals surface area contributed by atoms with Crippen LogP contribution in [0, 0.1) is 12.8 Å². The highest BCUT2D eigenvalue weighted by Crippen LogP contribution is 2.36. The van der Waals surface area contributed by atoms with Crippen LogP contribution in [0.3, 0.4) is 0 Å². The minimum atomic E-state index is -3.22. The fourth-order valence-electron chi connectivity index (χ4n) is 3.81. The molecule has 7 heteroatoms. The van der Waals surface area contributed by atoms with Gasteiger partial charge in [0.05, 0.1) is 6.61 Å². The summed E-state index contributed by atoms with van der Waals surface area (Å²) in [6.07, 6.45) is 8.48. The molecule has 0 atom stereocenters. The van der Waals surface area contributed by atoms with Gasteiger partial charge in [0.15, 0.2) is 19.3 Å². The molecule has 0 unspecified atom stereocenters. The quantitative estimate of drug-likeness (QED) is 0.459. The Morgan fingerprint density at radius 2 is 2.00 bits per heavy atom. The molecule has 0 spiro atoms. The molecule has 0 aliphatic carbocycles. The zero-order valence-corrected chi connectivity index (χ0v) is 19.4. The van der Waals surface area contributed by atoms with Crippen LogP contribution < -0.4 is 10.1 Å². The van der Waals surface area contributed by atoms with Crippen molar-refractivity contribution in [3.05, 3.63) is 65.9 Å². The van der Waals surface area contributed by atoms with E-state index in [2.05, 4.69) is 39.5 Å². The van der Waals surface area contributed by atoms with Crippen molar-refractivity contribution in [2.45, 2.75) is 39.7 Å². The molecule has 0 radical (unpaired) electrons. The number of aliphatic hydroxyl groups is 1. The highest BCUT2D eigenvalue weighted by Gasteiger charge is 2.35. The van der Waals surface area contributed by atoms with Gasteiger partial charge in [-0.1, -0.05) is 25.5 Å². The molecule has 0 saturated carbocycles. The first kappa shape index (κ1) is 24.6. The lowest BCUT2D eigenvalue weighted by atomic mass is 9.85. The minimum absolute atomic E-state index is 0.0350. The molecule has 3 rings (SSSR count). The van der Waals surface area contributed by atoms with Crippen LogP contribution in [0.4, 0.5) is 20.3 Å². The third-order valence-corrected chi connectivity index (χ3v) is 5.40. The van der Waals surface area contributed by atoms with E-state index in [4.69, 9.17) is 5.11 Å².